The lowest BCUT2D eigenvalue weighted by atomic mass is 10.1. The van der Waals surface area contributed by atoms with Crippen molar-refractivity contribution in [2.24, 2.45) is 0 Å². The molecular weight excluding hydrogens is 316 g/mol. The lowest BCUT2D eigenvalue weighted by Crippen LogP contribution is -2.16. The highest BCUT2D eigenvalue weighted by atomic mass is 32.1. The van der Waals surface area contributed by atoms with Gasteiger partial charge >= 0.3 is 0 Å². The van der Waals surface area contributed by atoms with E-state index in [-0.39, 0.29) is 11.5 Å². The summed E-state index contributed by atoms with van der Waals surface area (Å²) in [6.45, 7) is -0.428. The van der Waals surface area contributed by atoms with Gasteiger partial charge in [-0.2, -0.15) is 11.3 Å². The fraction of sp³-hybridized carbons (Fsp3) is 0.125. The van der Waals surface area contributed by atoms with Crippen LogP contribution in [-0.2, 0) is 6.61 Å². The molecule has 6 nitrogen and oxygen atoms in total. The Hall–Kier alpha value is -2.64. The maximum Gasteiger partial charge on any atom is 0.227 e. The summed E-state index contributed by atoms with van der Waals surface area (Å²) >= 11 is 1.48. The number of aromatic nitrogens is 1. The molecule has 0 aliphatic rings. The third-order valence-electron chi connectivity index (χ3n) is 3.25. The summed E-state index contributed by atoms with van der Waals surface area (Å²) in [4.78, 5) is 16.1. The number of rotatable bonds is 5. The van der Waals surface area contributed by atoms with E-state index in [1.54, 1.807) is 18.3 Å². The first-order chi connectivity index (χ1) is 11.2. The van der Waals surface area contributed by atoms with E-state index in [0.717, 1.165) is 11.6 Å². The monoisotopic (exact) mass is 330 g/mol. The fourth-order valence-electron chi connectivity index (χ4n) is 2.16. The summed E-state index contributed by atoms with van der Waals surface area (Å²) in [6, 6.07) is 7.70. The van der Waals surface area contributed by atoms with Gasteiger partial charge in [0, 0.05) is 12.3 Å². The van der Waals surface area contributed by atoms with E-state index in [1.807, 2.05) is 22.9 Å². The highest BCUT2D eigenvalue weighted by Crippen LogP contribution is 2.32. The fourth-order valence-corrected chi connectivity index (χ4v) is 2.85. The molecule has 0 bridgehead atoms. The summed E-state index contributed by atoms with van der Waals surface area (Å²) in [6.07, 6.45) is 1.63. The van der Waals surface area contributed by atoms with E-state index >= 15 is 0 Å². The van der Waals surface area contributed by atoms with Crippen LogP contribution >= 0.6 is 11.3 Å². The van der Waals surface area contributed by atoms with Crippen molar-refractivity contribution < 1.29 is 14.6 Å². The first-order valence-corrected chi connectivity index (χ1v) is 7.79. The summed E-state index contributed by atoms with van der Waals surface area (Å²) in [7, 11) is 0. The number of nitrogens with zero attached hydrogens (tertiary/aromatic N) is 1. The molecule has 0 saturated heterocycles. The van der Waals surface area contributed by atoms with Crippen LogP contribution in [0.15, 0.2) is 56.5 Å². The van der Waals surface area contributed by atoms with Crippen molar-refractivity contribution >= 4 is 17.2 Å². The summed E-state index contributed by atoms with van der Waals surface area (Å²) in [5.74, 6) is 0.221. The normalized spacial score (nSPS) is 12.0. The molecule has 7 heteroatoms. The van der Waals surface area contributed by atoms with E-state index in [4.69, 9.17) is 4.42 Å². The summed E-state index contributed by atoms with van der Waals surface area (Å²) in [5.41, 5.74) is 0.215. The van der Waals surface area contributed by atoms with Crippen LogP contribution in [-0.4, -0.2) is 15.2 Å². The average Bonchev–Trinajstić information content (AvgIpc) is 3.10. The first-order valence-electron chi connectivity index (χ1n) is 6.85. The number of thiophene rings is 1. The van der Waals surface area contributed by atoms with Crippen molar-refractivity contribution in [1.82, 2.24) is 4.98 Å². The van der Waals surface area contributed by atoms with Crippen molar-refractivity contribution in [3.63, 3.8) is 0 Å². The quantitative estimate of drug-likeness (QED) is 0.665. The van der Waals surface area contributed by atoms with Gasteiger partial charge in [-0.1, -0.05) is 6.07 Å². The molecule has 3 rings (SSSR count). The minimum absolute atomic E-state index is 0.0469. The minimum Gasteiger partial charge on any atom is -0.502 e. The van der Waals surface area contributed by atoms with Gasteiger partial charge in [-0.15, -0.1) is 0 Å². The van der Waals surface area contributed by atoms with Gasteiger partial charge in [0.15, 0.2) is 5.76 Å². The van der Waals surface area contributed by atoms with Gasteiger partial charge in [0.25, 0.3) is 0 Å². The number of aromatic hydroxyl groups is 1. The van der Waals surface area contributed by atoms with Gasteiger partial charge < -0.3 is 19.9 Å². The van der Waals surface area contributed by atoms with Gasteiger partial charge in [0.05, 0.1) is 0 Å². The standard InChI is InChI=1S/C16H14N2O4S/c19-8-11-7-12(20)15(21)16(22-11)14(10-4-6-23-9-10)18-13-3-1-2-5-17-13/h1-7,9,14,19,21H,8H2,(H,17,18)/t14-/m0/s1. The Labute approximate surface area is 135 Å². The van der Waals surface area contributed by atoms with Crippen LogP contribution < -0.4 is 10.7 Å². The highest BCUT2D eigenvalue weighted by Gasteiger charge is 2.24. The maximum absolute atomic E-state index is 11.9. The van der Waals surface area contributed by atoms with Crippen LogP contribution in [0, 0.1) is 0 Å². The van der Waals surface area contributed by atoms with Crippen LogP contribution in [0.1, 0.15) is 23.1 Å². The Kier molecular flexibility index (Phi) is 4.40. The van der Waals surface area contributed by atoms with Gasteiger partial charge in [-0.25, -0.2) is 4.98 Å². The largest absolute Gasteiger partial charge is 0.502 e. The van der Waals surface area contributed by atoms with E-state index < -0.39 is 23.8 Å². The second kappa shape index (κ2) is 6.64. The second-order valence-electron chi connectivity index (χ2n) is 4.80. The van der Waals surface area contributed by atoms with E-state index in [0.29, 0.717) is 5.82 Å². The SMILES string of the molecule is O=c1cc(CO)oc([C@@H](Nc2ccccn2)c2ccsc2)c1O. The molecule has 3 N–H and O–H groups in total. The molecule has 1 atom stereocenters. The lowest BCUT2D eigenvalue weighted by molar-refractivity contribution is 0.234. The molecule has 0 radical (unpaired) electrons. The zero-order valence-corrected chi connectivity index (χ0v) is 12.8. The number of aliphatic hydroxyl groups excluding tert-OH is 1. The van der Waals surface area contributed by atoms with Crippen molar-refractivity contribution in [2.45, 2.75) is 12.6 Å². The van der Waals surface area contributed by atoms with Gasteiger partial charge in [-0.3, -0.25) is 4.79 Å². The van der Waals surface area contributed by atoms with Crippen molar-refractivity contribution in [3.05, 3.63) is 74.6 Å². The third kappa shape index (κ3) is 3.25. The first kappa shape index (κ1) is 15.3. The van der Waals surface area contributed by atoms with Crippen LogP contribution in [0.3, 0.4) is 0 Å². The van der Waals surface area contributed by atoms with Crippen LogP contribution in [0.25, 0.3) is 0 Å². The topological polar surface area (TPSA) is 95.6 Å². The number of aliphatic hydroxyl groups is 1. The smallest absolute Gasteiger partial charge is 0.227 e. The zero-order chi connectivity index (χ0) is 16.2. The van der Waals surface area contributed by atoms with Crippen LogP contribution in [0.4, 0.5) is 5.82 Å². The highest BCUT2D eigenvalue weighted by molar-refractivity contribution is 7.08. The number of hydrogen-bond donors (Lipinski definition) is 3. The van der Waals surface area contributed by atoms with Gasteiger partial charge in [0.1, 0.15) is 24.2 Å². The molecule has 0 amide bonds. The molecule has 0 fully saturated rings. The van der Waals surface area contributed by atoms with Crippen molar-refractivity contribution in [3.8, 4) is 5.75 Å². The molecule has 3 aromatic heterocycles. The molecule has 23 heavy (non-hydrogen) atoms. The number of anilines is 1. The van der Waals surface area contributed by atoms with E-state index in [9.17, 15) is 15.0 Å². The maximum atomic E-state index is 11.9. The molecule has 118 valence electrons. The predicted molar refractivity (Wildman–Crippen MR) is 86.6 cm³/mol. The van der Waals surface area contributed by atoms with Crippen LogP contribution in [0.5, 0.6) is 5.75 Å². The van der Waals surface area contributed by atoms with E-state index in [2.05, 4.69) is 10.3 Å². The predicted octanol–water partition coefficient (Wildman–Crippen LogP) is 2.50. The lowest BCUT2D eigenvalue weighted by Gasteiger charge is -2.19. The number of nitrogens with one attached hydrogen (secondary N) is 1. The molecule has 0 spiro atoms. The van der Waals surface area contributed by atoms with E-state index in [1.165, 1.54) is 11.3 Å². The number of pyridine rings is 1. The summed E-state index contributed by atoms with van der Waals surface area (Å²) < 4.78 is 5.51. The second-order valence-corrected chi connectivity index (χ2v) is 5.58. The Morgan fingerprint density at radius 2 is 2.22 bits per heavy atom. The summed E-state index contributed by atoms with van der Waals surface area (Å²) in [5, 5.41) is 26.3. The Bertz CT molecular complexity index is 831. The zero-order valence-electron chi connectivity index (χ0n) is 12.0. The van der Waals surface area contributed by atoms with Gasteiger partial charge in [0.2, 0.25) is 11.2 Å². The molecule has 0 aliphatic carbocycles. The number of hydrogen-bond acceptors (Lipinski definition) is 7. The van der Waals surface area contributed by atoms with Gasteiger partial charge in [-0.05, 0) is 34.5 Å². The molecule has 0 unspecified atom stereocenters. The Morgan fingerprint density at radius 3 is 2.87 bits per heavy atom. The van der Waals surface area contributed by atoms with Crippen molar-refractivity contribution in [1.29, 1.82) is 0 Å². The Balaban J connectivity index is 2.09. The average molecular weight is 330 g/mol. The Morgan fingerprint density at radius 1 is 1.35 bits per heavy atom. The molecule has 3 aromatic rings. The van der Waals surface area contributed by atoms with Crippen LogP contribution in [0.2, 0.25) is 0 Å². The molecule has 3 heterocycles. The molecule has 0 aromatic carbocycles. The third-order valence-corrected chi connectivity index (χ3v) is 3.95. The minimum atomic E-state index is -0.602. The molecule has 0 aliphatic heterocycles. The molecular formula is C16H14N2O4S. The van der Waals surface area contributed by atoms with Crippen molar-refractivity contribution in [2.75, 3.05) is 5.32 Å². The molecule has 0 saturated carbocycles.